The molecule has 0 saturated heterocycles. The zero-order valence-corrected chi connectivity index (χ0v) is 7.13. The fraction of sp³-hybridized carbons (Fsp3) is 0.375. The van der Waals surface area contributed by atoms with Crippen LogP contribution in [0.4, 0.5) is 8.78 Å². The van der Waals surface area contributed by atoms with Gasteiger partial charge in [0.05, 0.1) is 6.20 Å². The summed E-state index contributed by atoms with van der Waals surface area (Å²) in [5.74, 6) is -1.45. The van der Waals surface area contributed by atoms with Gasteiger partial charge < -0.3 is 10.5 Å². The van der Waals surface area contributed by atoms with Crippen LogP contribution in [0.1, 0.15) is 11.8 Å². The van der Waals surface area contributed by atoms with Crippen LogP contribution in [0.15, 0.2) is 12.3 Å². The molecule has 13 heavy (non-hydrogen) atoms. The molecule has 72 valence electrons. The van der Waals surface area contributed by atoms with E-state index in [1.165, 1.54) is 7.11 Å². The number of hydrogen-bond acceptors (Lipinski definition) is 3. The van der Waals surface area contributed by atoms with Crippen molar-refractivity contribution in [1.82, 2.24) is 4.98 Å². The van der Waals surface area contributed by atoms with Crippen molar-refractivity contribution in [3.8, 4) is 0 Å². The van der Waals surface area contributed by atoms with E-state index in [0.717, 1.165) is 12.3 Å². The Morgan fingerprint density at radius 2 is 2.31 bits per heavy atom. The standard InChI is InChI=1S/C8H10F2N2O/c1-13-7(3-11)8-6(10)2-5(9)4-12-8/h2,4,7H,3,11H2,1H3. The van der Waals surface area contributed by atoms with Crippen LogP contribution in [0.2, 0.25) is 0 Å². The minimum Gasteiger partial charge on any atom is -0.374 e. The van der Waals surface area contributed by atoms with Gasteiger partial charge in [-0.25, -0.2) is 8.78 Å². The van der Waals surface area contributed by atoms with Crippen LogP contribution in [0, 0.1) is 11.6 Å². The molecule has 0 saturated carbocycles. The van der Waals surface area contributed by atoms with Gasteiger partial charge in [0.25, 0.3) is 0 Å². The molecular weight excluding hydrogens is 178 g/mol. The number of pyridine rings is 1. The van der Waals surface area contributed by atoms with Gasteiger partial charge in [-0.3, -0.25) is 4.98 Å². The first kappa shape index (κ1) is 10.0. The smallest absolute Gasteiger partial charge is 0.150 e. The highest BCUT2D eigenvalue weighted by Crippen LogP contribution is 2.16. The lowest BCUT2D eigenvalue weighted by Gasteiger charge is -2.12. The Morgan fingerprint density at radius 1 is 1.62 bits per heavy atom. The maximum absolute atomic E-state index is 13.0. The zero-order chi connectivity index (χ0) is 9.84. The van der Waals surface area contributed by atoms with Crippen molar-refractivity contribution in [2.24, 2.45) is 5.73 Å². The summed E-state index contributed by atoms with van der Waals surface area (Å²) < 4.78 is 30.3. The van der Waals surface area contributed by atoms with Crippen LogP contribution in [-0.4, -0.2) is 18.6 Å². The second-order valence-corrected chi connectivity index (χ2v) is 2.48. The molecule has 0 spiro atoms. The highest BCUT2D eigenvalue weighted by Gasteiger charge is 2.15. The fourth-order valence-electron chi connectivity index (χ4n) is 0.982. The van der Waals surface area contributed by atoms with E-state index in [4.69, 9.17) is 10.5 Å². The van der Waals surface area contributed by atoms with Crippen molar-refractivity contribution in [1.29, 1.82) is 0 Å². The monoisotopic (exact) mass is 188 g/mol. The maximum Gasteiger partial charge on any atom is 0.150 e. The summed E-state index contributed by atoms with van der Waals surface area (Å²) in [6, 6.07) is 0.754. The third kappa shape index (κ3) is 2.19. The highest BCUT2D eigenvalue weighted by molar-refractivity contribution is 5.11. The topological polar surface area (TPSA) is 48.1 Å². The number of nitrogens with two attached hydrogens (primary N) is 1. The van der Waals surface area contributed by atoms with Crippen LogP contribution < -0.4 is 5.73 Å². The molecule has 1 heterocycles. The Balaban J connectivity index is 2.99. The number of aromatic nitrogens is 1. The second-order valence-electron chi connectivity index (χ2n) is 2.48. The molecule has 0 aliphatic carbocycles. The average Bonchev–Trinajstić information content (AvgIpc) is 2.10. The number of halogens is 2. The first-order valence-corrected chi connectivity index (χ1v) is 3.72. The normalized spacial score (nSPS) is 12.9. The first-order chi connectivity index (χ1) is 6.19. The van der Waals surface area contributed by atoms with E-state index in [9.17, 15) is 8.78 Å². The molecule has 3 nitrogen and oxygen atoms in total. The number of ether oxygens (including phenoxy) is 1. The van der Waals surface area contributed by atoms with Crippen molar-refractivity contribution in [2.45, 2.75) is 6.10 Å². The summed E-state index contributed by atoms with van der Waals surface area (Å²) in [5, 5.41) is 0. The number of rotatable bonds is 3. The minimum atomic E-state index is -0.739. The van der Waals surface area contributed by atoms with Gasteiger partial charge in [-0.15, -0.1) is 0 Å². The molecule has 1 unspecified atom stereocenters. The molecule has 0 aliphatic heterocycles. The fourth-order valence-corrected chi connectivity index (χ4v) is 0.982. The predicted octanol–water partition coefficient (Wildman–Crippen LogP) is 1.01. The van der Waals surface area contributed by atoms with Crippen LogP contribution in [0.5, 0.6) is 0 Å². The first-order valence-electron chi connectivity index (χ1n) is 3.72. The van der Waals surface area contributed by atoms with Crippen LogP contribution in [0.3, 0.4) is 0 Å². The van der Waals surface area contributed by atoms with Crippen LogP contribution in [-0.2, 0) is 4.74 Å². The quantitative estimate of drug-likeness (QED) is 0.769. The molecule has 0 aromatic carbocycles. The van der Waals surface area contributed by atoms with Crippen molar-refractivity contribution in [3.63, 3.8) is 0 Å². The van der Waals surface area contributed by atoms with Gasteiger partial charge in [-0.05, 0) is 0 Å². The van der Waals surface area contributed by atoms with Gasteiger partial charge in [0.2, 0.25) is 0 Å². The summed E-state index contributed by atoms with van der Waals surface area (Å²) in [4.78, 5) is 3.56. The Hall–Kier alpha value is -1.07. The Labute approximate surface area is 74.5 Å². The van der Waals surface area contributed by atoms with Gasteiger partial charge in [0, 0.05) is 19.7 Å². The van der Waals surface area contributed by atoms with Crippen molar-refractivity contribution in [2.75, 3.05) is 13.7 Å². The van der Waals surface area contributed by atoms with Crippen molar-refractivity contribution >= 4 is 0 Å². The van der Waals surface area contributed by atoms with E-state index in [-0.39, 0.29) is 12.2 Å². The van der Waals surface area contributed by atoms with Crippen molar-refractivity contribution in [3.05, 3.63) is 29.6 Å². The van der Waals surface area contributed by atoms with Crippen LogP contribution >= 0.6 is 0 Å². The maximum atomic E-state index is 13.0. The molecule has 1 aromatic rings. The van der Waals surface area contributed by atoms with Gasteiger partial charge >= 0.3 is 0 Å². The number of nitrogens with zero attached hydrogens (tertiary/aromatic N) is 1. The molecule has 1 rings (SSSR count). The van der Waals surface area contributed by atoms with Gasteiger partial charge in [0.1, 0.15) is 23.4 Å². The largest absolute Gasteiger partial charge is 0.374 e. The van der Waals surface area contributed by atoms with E-state index in [1.807, 2.05) is 0 Å². The van der Waals surface area contributed by atoms with Gasteiger partial charge in [-0.1, -0.05) is 0 Å². The summed E-state index contributed by atoms with van der Waals surface area (Å²) in [6.07, 6.45) is 0.306. The molecule has 0 amide bonds. The zero-order valence-electron chi connectivity index (χ0n) is 7.13. The van der Waals surface area contributed by atoms with E-state index in [0.29, 0.717) is 0 Å². The minimum absolute atomic E-state index is 0.0337. The Bertz CT molecular complexity index is 289. The second kappa shape index (κ2) is 4.25. The third-order valence-corrected chi connectivity index (χ3v) is 1.64. The van der Waals surface area contributed by atoms with Gasteiger partial charge in [0.15, 0.2) is 0 Å². The molecule has 0 fully saturated rings. The lowest BCUT2D eigenvalue weighted by Crippen LogP contribution is -2.17. The summed E-state index contributed by atoms with van der Waals surface area (Å²) in [7, 11) is 1.39. The number of methoxy groups -OCH3 is 1. The molecule has 0 aliphatic rings. The Morgan fingerprint density at radius 3 is 2.77 bits per heavy atom. The van der Waals surface area contributed by atoms with E-state index >= 15 is 0 Å². The molecule has 0 bridgehead atoms. The Kier molecular flexibility index (Phi) is 3.27. The number of hydrogen-bond donors (Lipinski definition) is 1. The van der Waals surface area contributed by atoms with Gasteiger partial charge in [-0.2, -0.15) is 0 Å². The third-order valence-electron chi connectivity index (χ3n) is 1.64. The summed E-state index contributed by atoms with van der Waals surface area (Å²) >= 11 is 0. The molecule has 5 heteroatoms. The summed E-state index contributed by atoms with van der Waals surface area (Å²) in [6.45, 7) is 0.103. The lowest BCUT2D eigenvalue weighted by molar-refractivity contribution is 0.103. The molecule has 1 atom stereocenters. The van der Waals surface area contributed by atoms with Crippen LogP contribution in [0.25, 0.3) is 0 Å². The van der Waals surface area contributed by atoms with E-state index < -0.39 is 17.7 Å². The SMILES string of the molecule is COC(CN)c1ncc(F)cc1F. The molecular formula is C8H10F2N2O. The van der Waals surface area contributed by atoms with E-state index in [2.05, 4.69) is 4.98 Å². The van der Waals surface area contributed by atoms with E-state index in [1.54, 1.807) is 0 Å². The average molecular weight is 188 g/mol. The predicted molar refractivity (Wildman–Crippen MR) is 43.0 cm³/mol. The molecule has 2 N–H and O–H groups in total. The summed E-state index contributed by atoms with van der Waals surface area (Å²) in [5.41, 5.74) is 5.33. The highest BCUT2D eigenvalue weighted by atomic mass is 19.1. The lowest BCUT2D eigenvalue weighted by atomic mass is 10.2. The molecule has 0 radical (unpaired) electrons. The van der Waals surface area contributed by atoms with Crippen molar-refractivity contribution < 1.29 is 13.5 Å². The molecule has 1 aromatic heterocycles.